The first kappa shape index (κ1) is 15.7. The Morgan fingerprint density at radius 2 is 2.26 bits per heavy atom. The third-order valence-corrected chi connectivity index (χ3v) is 3.84. The van der Waals surface area contributed by atoms with E-state index < -0.39 is 14.0 Å². The van der Waals surface area contributed by atoms with E-state index in [2.05, 4.69) is 46.1 Å². The van der Waals surface area contributed by atoms with Gasteiger partial charge in [-0.15, -0.1) is 22.8 Å². The fourth-order valence-corrected chi connectivity index (χ4v) is 2.62. The lowest BCUT2D eigenvalue weighted by Crippen LogP contribution is -2.16. The highest BCUT2D eigenvalue weighted by Crippen LogP contribution is 2.15. The highest BCUT2D eigenvalue weighted by atomic mass is 32.1. The fourth-order valence-electron chi connectivity index (χ4n) is 1.25. The van der Waals surface area contributed by atoms with Crippen molar-refractivity contribution in [2.75, 3.05) is 19.0 Å². The Labute approximate surface area is 119 Å². The van der Waals surface area contributed by atoms with E-state index in [0.717, 1.165) is 24.5 Å². The maximum atomic E-state index is 11.2. The van der Waals surface area contributed by atoms with Gasteiger partial charge >= 0.3 is 5.97 Å². The van der Waals surface area contributed by atoms with E-state index in [4.69, 9.17) is 0 Å². The summed E-state index contributed by atoms with van der Waals surface area (Å²) in [6, 6.07) is 0. The van der Waals surface area contributed by atoms with Crippen LogP contribution in [0.5, 0.6) is 0 Å². The zero-order valence-corrected chi connectivity index (χ0v) is 13.7. The Balaban J connectivity index is 2.28. The highest BCUT2D eigenvalue weighted by molar-refractivity contribution is 7.13. The van der Waals surface area contributed by atoms with E-state index in [1.807, 2.05) is 0 Å². The van der Waals surface area contributed by atoms with Crippen molar-refractivity contribution in [2.45, 2.75) is 32.5 Å². The maximum absolute atomic E-state index is 11.2. The smallest absolute Gasteiger partial charge is 0.357 e. The lowest BCUT2D eigenvalue weighted by molar-refractivity contribution is 0.0595. The molecule has 0 radical (unpaired) electrons. The molecule has 0 saturated carbocycles. The number of rotatable bonds is 5. The van der Waals surface area contributed by atoms with Gasteiger partial charge in [-0.25, -0.2) is 9.78 Å². The highest BCUT2D eigenvalue weighted by Gasteiger charge is 2.10. The molecule has 1 aromatic rings. The van der Waals surface area contributed by atoms with Crippen LogP contribution in [0.25, 0.3) is 0 Å². The van der Waals surface area contributed by atoms with Crippen LogP contribution in [0.3, 0.4) is 0 Å². The van der Waals surface area contributed by atoms with Crippen LogP contribution in [0.15, 0.2) is 5.38 Å². The van der Waals surface area contributed by atoms with Gasteiger partial charge in [-0.1, -0.05) is 19.6 Å². The summed E-state index contributed by atoms with van der Waals surface area (Å²) < 4.78 is 4.60. The molecule has 1 N–H and O–H groups in total. The van der Waals surface area contributed by atoms with Crippen molar-refractivity contribution in [3.8, 4) is 11.5 Å². The summed E-state index contributed by atoms with van der Waals surface area (Å²) in [4.78, 5) is 15.4. The minimum absolute atomic E-state index is 0.355. The Bertz CT molecular complexity index is 483. The molecule has 0 bridgehead atoms. The lowest BCUT2D eigenvalue weighted by atomic mass is 10.3. The van der Waals surface area contributed by atoms with Crippen molar-refractivity contribution >= 4 is 30.5 Å². The molecule has 1 heterocycles. The Morgan fingerprint density at radius 1 is 1.53 bits per heavy atom. The quantitative estimate of drug-likeness (QED) is 0.393. The van der Waals surface area contributed by atoms with E-state index in [0.29, 0.717) is 5.69 Å². The lowest BCUT2D eigenvalue weighted by Gasteiger charge is -2.03. The van der Waals surface area contributed by atoms with Gasteiger partial charge in [0.05, 0.1) is 7.11 Å². The number of aromatic nitrogens is 1. The molecule has 104 valence electrons. The van der Waals surface area contributed by atoms with Crippen LogP contribution >= 0.6 is 11.3 Å². The standard InChI is InChI=1S/C13H20N2O2SSi/c1-17-12(16)11-10-18-13(15-11)14-8-6-5-7-9-19(2,3)4/h10H,5-6,8H2,1-4H3,(H,14,15). The molecule has 0 aliphatic heterocycles. The van der Waals surface area contributed by atoms with E-state index >= 15 is 0 Å². The van der Waals surface area contributed by atoms with Crippen molar-refractivity contribution in [1.29, 1.82) is 0 Å². The Hall–Kier alpha value is -1.32. The molecule has 1 aromatic heterocycles. The topological polar surface area (TPSA) is 51.2 Å². The van der Waals surface area contributed by atoms with Gasteiger partial charge in [-0.3, -0.25) is 0 Å². The summed E-state index contributed by atoms with van der Waals surface area (Å²) >= 11 is 1.41. The molecule has 1 rings (SSSR count). The van der Waals surface area contributed by atoms with Gasteiger partial charge in [0.15, 0.2) is 10.8 Å². The molecule has 0 aromatic carbocycles. The average Bonchev–Trinajstić information content (AvgIpc) is 2.80. The summed E-state index contributed by atoms with van der Waals surface area (Å²) in [6.45, 7) is 7.53. The molecule has 0 spiro atoms. The second-order valence-electron chi connectivity index (χ2n) is 5.11. The van der Waals surface area contributed by atoms with Gasteiger partial charge in [-0.05, 0) is 6.42 Å². The molecule has 19 heavy (non-hydrogen) atoms. The van der Waals surface area contributed by atoms with Crippen molar-refractivity contribution < 1.29 is 9.53 Å². The van der Waals surface area contributed by atoms with Gasteiger partial charge in [0.25, 0.3) is 0 Å². The minimum atomic E-state index is -1.24. The predicted molar refractivity (Wildman–Crippen MR) is 82.3 cm³/mol. The minimum Gasteiger partial charge on any atom is -0.464 e. The Morgan fingerprint density at radius 3 is 2.89 bits per heavy atom. The van der Waals surface area contributed by atoms with Gasteiger partial charge in [0.2, 0.25) is 0 Å². The van der Waals surface area contributed by atoms with Gasteiger partial charge in [0.1, 0.15) is 8.07 Å². The molecule has 0 aliphatic rings. The number of anilines is 1. The molecular weight excluding hydrogens is 276 g/mol. The van der Waals surface area contributed by atoms with Crippen molar-refractivity contribution in [3.63, 3.8) is 0 Å². The van der Waals surface area contributed by atoms with Crippen LogP contribution in [0.4, 0.5) is 5.13 Å². The number of ether oxygens (including phenoxy) is 1. The molecule has 0 unspecified atom stereocenters. The third kappa shape index (κ3) is 6.41. The number of methoxy groups -OCH3 is 1. The van der Waals surface area contributed by atoms with Crippen LogP contribution in [0.1, 0.15) is 23.3 Å². The molecule has 0 saturated heterocycles. The number of hydrogen-bond acceptors (Lipinski definition) is 5. The SMILES string of the molecule is COC(=O)c1csc(NCCCC#C[Si](C)(C)C)n1. The number of carbonyl (C=O) groups is 1. The number of unbranched alkanes of at least 4 members (excludes halogenated alkanes) is 1. The largest absolute Gasteiger partial charge is 0.464 e. The summed E-state index contributed by atoms with van der Waals surface area (Å²) in [5, 5.41) is 5.63. The molecule has 0 amide bonds. The summed E-state index contributed by atoms with van der Waals surface area (Å²) in [5.74, 6) is 2.83. The molecular formula is C13H20N2O2SSi. The summed E-state index contributed by atoms with van der Waals surface area (Å²) in [7, 11) is 0.115. The first-order valence-electron chi connectivity index (χ1n) is 6.20. The number of esters is 1. The maximum Gasteiger partial charge on any atom is 0.357 e. The second-order valence-corrected chi connectivity index (χ2v) is 10.7. The van der Waals surface area contributed by atoms with Crippen LogP contribution in [0, 0.1) is 11.5 Å². The van der Waals surface area contributed by atoms with Crippen LogP contribution < -0.4 is 5.32 Å². The van der Waals surface area contributed by atoms with Crippen molar-refractivity contribution in [3.05, 3.63) is 11.1 Å². The second kappa shape index (κ2) is 7.31. The number of nitrogens with zero attached hydrogens (tertiary/aromatic N) is 1. The van der Waals surface area contributed by atoms with Crippen LogP contribution in [-0.2, 0) is 4.74 Å². The van der Waals surface area contributed by atoms with E-state index in [1.165, 1.54) is 18.4 Å². The molecule has 6 heteroatoms. The first-order valence-corrected chi connectivity index (χ1v) is 10.6. The molecule has 0 fully saturated rings. The van der Waals surface area contributed by atoms with E-state index in [-0.39, 0.29) is 0 Å². The predicted octanol–water partition coefficient (Wildman–Crippen LogP) is 3.00. The number of hydrogen-bond donors (Lipinski definition) is 1. The zero-order valence-electron chi connectivity index (χ0n) is 11.9. The summed E-state index contributed by atoms with van der Waals surface area (Å²) in [6.07, 6.45) is 1.87. The summed E-state index contributed by atoms with van der Waals surface area (Å²) in [5.41, 5.74) is 3.69. The first-order chi connectivity index (χ1) is 8.92. The number of carbonyl (C=O) groups excluding carboxylic acids is 1. The van der Waals surface area contributed by atoms with Gasteiger partial charge in [0, 0.05) is 18.3 Å². The molecule has 0 atom stereocenters. The average molecular weight is 296 g/mol. The number of nitrogens with one attached hydrogen (secondary N) is 1. The number of thiazole rings is 1. The Kier molecular flexibility index (Phi) is 6.05. The fraction of sp³-hybridized carbons (Fsp3) is 0.538. The van der Waals surface area contributed by atoms with Gasteiger partial charge < -0.3 is 10.1 Å². The zero-order chi connectivity index (χ0) is 14.3. The third-order valence-electron chi connectivity index (χ3n) is 2.12. The van der Waals surface area contributed by atoms with Crippen LogP contribution in [-0.4, -0.2) is 32.7 Å². The molecule has 0 aliphatic carbocycles. The normalized spacial score (nSPS) is 10.5. The van der Waals surface area contributed by atoms with Gasteiger partial charge in [-0.2, -0.15) is 0 Å². The van der Waals surface area contributed by atoms with Crippen molar-refractivity contribution in [2.24, 2.45) is 0 Å². The van der Waals surface area contributed by atoms with E-state index in [1.54, 1.807) is 5.38 Å². The molecule has 4 nitrogen and oxygen atoms in total. The van der Waals surface area contributed by atoms with Crippen molar-refractivity contribution in [1.82, 2.24) is 4.98 Å². The van der Waals surface area contributed by atoms with E-state index in [9.17, 15) is 4.79 Å². The van der Waals surface area contributed by atoms with Crippen LogP contribution in [0.2, 0.25) is 19.6 Å². The monoisotopic (exact) mass is 296 g/mol.